The molecule has 0 aromatic carbocycles. The minimum atomic E-state index is -0.546. The van der Waals surface area contributed by atoms with Crippen LogP contribution in [0.25, 0.3) is 0 Å². The zero-order valence-electron chi connectivity index (χ0n) is 5.68. The van der Waals surface area contributed by atoms with Crippen molar-refractivity contribution >= 4 is 27.7 Å². The third-order valence-electron chi connectivity index (χ3n) is 0.710. The van der Waals surface area contributed by atoms with Gasteiger partial charge in [-0.15, -0.1) is 0 Å². The van der Waals surface area contributed by atoms with E-state index < -0.39 is 5.97 Å². The van der Waals surface area contributed by atoms with Crippen molar-refractivity contribution in [2.24, 2.45) is 0 Å². The summed E-state index contributed by atoms with van der Waals surface area (Å²) in [6.45, 7) is 1.35. The summed E-state index contributed by atoms with van der Waals surface area (Å²) in [6, 6.07) is 0. The van der Waals surface area contributed by atoms with Crippen molar-refractivity contribution in [2.45, 2.75) is 6.92 Å². The highest BCUT2D eigenvalue weighted by Gasteiger charge is 2.04. The number of methoxy groups -OCH3 is 1. The highest BCUT2D eigenvalue weighted by Crippen LogP contribution is 2.05. The number of ether oxygens (including phenoxy) is 1. The van der Waals surface area contributed by atoms with Gasteiger partial charge in [0.2, 0.25) is 0 Å². The first-order valence-corrected chi connectivity index (χ1v) is 3.33. The molecule has 0 amide bonds. The van der Waals surface area contributed by atoms with Crippen LogP contribution in [0, 0.1) is 0 Å². The normalized spacial score (nSPS) is 10.9. The minimum absolute atomic E-state index is 0.141. The van der Waals surface area contributed by atoms with E-state index in [-0.39, 0.29) is 10.3 Å². The molecule has 0 aliphatic rings. The van der Waals surface area contributed by atoms with E-state index in [0.29, 0.717) is 0 Å². The molecule has 4 heteroatoms. The first-order chi connectivity index (χ1) is 4.57. The van der Waals surface area contributed by atoms with Crippen LogP contribution in [-0.2, 0) is 14.3 Å². The average Bonchev–Trinajstić information content (AvgIpc) is 1.85. The Morgan fingerprint density at radius 3 is 2.30 bits per heavy atom. The highest BCUT2D eigenvalue weighted by atomic mass is 79.9. The van der Waals surface area contributed by atoms with Crippen LogP contribution >= 0.6 is 15.9 Å². The number of halogens is 1. The van der Waals surface area contributed by atoms with Crippen molar-refractivity contribution in [2.75, 3.05) is 7.11 Å². The molecule has 10 heavy (non-hydrogen) atoms. The van der Waals surface area contributed by atoms with E-state index >= 15 is 0 Å². The molecule has 0 aliphatic heterocycles. The number of carbonyl (C=O) groups excluding carboxylic acids is 2. The van der Waals surface area contributed by atoms with Crippen LogP contribution in [-0.4, -0.2) is 18.9 Å². The summed E-state index contributed by atoms with van der Waals surface area (Å²) in [4.78, 5) is 20.9. The summed E-state index contributed by atoms with van der Waals surface area (Å²) < 4.78 is 4.45. The number of allylic oxidation sites excluding steroid dienone is 1. The molecule has 0 saturated heterocycles. The monoisotopic (exact) mass is 206 g/mol. The van der Waals surface area contributed by atoms with Crippen LogP contribution in [0.1, 0.15) is 6.92 Å². The van der Waals surface area contributed by atoms with E-state index in [2.05, 4.69) is 20.7 Å². The van der Waals surface area contributed by atoms with E-state index in [9.17, 15) is 9.59 Å². The number of rotatable bonds is 2. The molecule has 0 saturated carbocycles. The van der Waals surface area contributed by atoms with Gasteiger partial charge in [-0.05, 0) is 22.9 Å². The minimum Gasteiger partial charge on any atom is -0.465 e. The quantitative estimate of drug-likeness (QED) is 0.501. The summed E-state index contributed by atoms with van der Waals surface area (Å²) in [7, 11) is 1.25. The fourth-order valence-electron chi connectivity index (χ4n) is 0.335. The fourth-order valence-corrected chi connectivity index (χ4v) is 0.819. The van der Waals surface area contributed by atoms with Crippen LogP contribution in [0.2, 0.25) is 0 Å². The Hall–Kier alpha value is -0.640. The second-order valence-corrected chi connectivity index (χ2v) is 2.45. The Balaban J connectivity index is 4.19. The second kappa shape index (κ2) is 4.22. The second-order valence-electron chi connectivity index (χ2n) is 1.59. The van der Waals surface area contributed by atoms with Crippen molar-refractivity contribution in [3.63, 3.8) is 0 Å². The van der Waals surface area contributed by atoms with Gasteiger partial charge >= 0.3 is 5.97 Å². The molecule has 0 heterocycles. The molecule has 0 unspecified atom stereocenters. The van der Waals surface area contributed by atoms with Gasteiger partial charge in [0, 0.05) is 6.08 Å². The first kappa shape index (κ1) is 9.36. The van der Waals surface area contributed by atoms with Crippen molar-refractivity contribution in [1.82, 2.24) is 0 Å². The topological polar surface area (TPSA) is 43.4 Å². The first-order valence-electron chi connectivity index (χ1n) is 2.54. The van der Waals surface area contributed by atoms with Gasteiger partial charge in [-0.3, -0.25) is 4.79 Å². The zero-order valence-corrected chi connectivity index (χ0v) is 7.27. The molecule has 56 valence electrons. The standard InChI is InChI=1S/C6H7BrO3/c1-4(8)3-5(7)6(9)10-2/h3H,1-2H3/b5-3-. The predicted octanol–water partition coefficient (Wildman–Crippen LogP) is 1.03. The third-order valence-corrected chi connectivity index (χ3v) is 1.26. The maximum Gasteiger partial charge on any atom is 0.345 e. The lowest BCUT2D eigenvalue weighted by Crippen LogP contribution is -2.00. The lowest BCUT2D eigenvalue weighted by Gasteiger charge is -1.93. The van der Waals surface area contributed by atoms with Crippen molar-refractivity contribution in [1.29, 1.82) is 0 Å². The molecule has 0 N–H and O–H groups in total. The van der Waals surface area contributed by atoms with Crippen LogP contribution in [0.5, 0.6) is 0 Å². The van der Waals surface area contributed by atoms with Gasteiger partial charge in [0.05, 0.1) is 7.11 Å². The lowest BCUT2D eigenvalue weighted by molar-refractivity contribution is -0.135. The Morgan fingerprint density at radius 1 is 1.50 bits per heavy atom. The molecule has 0 aromatic heterocycles. The number of carbonyl (C=O) groups is 2. The van der Waals surface area contributed by atoms with E-state index in [1.807, 2.05) is 0 Å². The molecule has 0 radical (unpaired) electrons. The van der Waals surface area contributed by atoms with Gasteiger partial charge in [0.15, 0.2) is 5.78 Å². The highest BCUT2D eigenvalue weighted by molar-refractivity contribution is 9.12. The summed E-state index contributed by atoms with van der Waals surface area (Å²) in [5, 5.41) is 0. The molecule has 0 aliphatic carbocycles. The van der Waals surface area contributed by atoms with Crippen LogP contribution in [0.4, 0.5) is 0 Å². The summed E-state index contributed by atoms with van der Waals surface area (Å²) >= 11 is 2.87. The van der Waals surface area contributed by atoms with Gasteiger partial charge < -0.3 is 4.74 Å². The molecule has 0 bridgehead atoms. The smallest absolute Gasteiger partial charge is 0.345 e. The molecule has 0 spiro atoms. The molecular formula is C6H7BrO3. The van der Waals surface area contributed by atoms with Crippen LogP contribution in [0.15, 0.2) is 10.6 Å². The Kier molecular flexibility index (Phi) is 3.95. The maximum absolute atomic E-state index is 10.6. The Labute approximate surface area is 67.2 Å². The largest absolute Gasteiger partial charge is 0.465 e. The van der Waals surface area contributed by atoms with E-state index in [1.165, 1.54) is 14.0 Å². The summed E-state index contributed by atoms with van der Waals surface area (Å²) in [5.41, 5.74) is 0. The van der Waals surface area contributed by atoms with Gasteiger partial charge in [0.1, 0.15) is 4.48 Å². The Bertz CT molecular complexity index is 183. The average molecular weight is 207 g/mol. The van der Waals surface area contributed by atoms with Gasteiger partial charge in [-0.1, -0.05) is 0 Å². The SMILES string of the molecule is COC(=O)/C(Br)=C/C(C)=O. The van der Waals surface area contributed by atoms with Crippen LogP contribution < -0.4 is 0 Å². The van der Waals surface area contributed by atoms with Crippen molar-refractivity contribution in [3.8, 4) is 0 Å². The van der Waals surface area contributed by atoms with E-state index in [4.69, 9.17) is 0 Å². The number of hydrogen-bond acceptors (Lipinski definition) is 3. The van der Waals surface area contributed by atoms with E-state index in [1.54, 1.807) is 0 Å². The maximum atomic E-state index is 10.6. The molecule has 0 atom stereocenters. The van der Waals surface area contributed by atoms with Gasteiger partial charge in [-0.2, -0.15) is 0 Å². The molecule has 0 fully saturated rings. The summed E-state index contributed by atoms with van der Waals surface area (Å²) in [5.74, 6) is -0.743. The fraction of sp³-hybridized carbons (Fsp3) is 0.333. The van der Waals surface area contributed by atoms with Gasteiger partial charge in [-0.25, -0.2) is 4.79 Å². The van der Waals surface area contributed by atoms with E-state index in [0.717, 1.165) is 6.08 Å². The predicted molar refractivity (Wildman–Crippen MR) is 39.7 cm³/mol. The molecule has 3 nitrogen and oxygen atoms in total. The Morgan fingerprint density at radius 2 is 2.00 bits per heavy atom. The summed E-state index contributed by atoms with van der Waals surface area (Å²) in [6.07, 6.45) is 1.16. The zero-order chi connectivity index (χ0) is 8.15. The molecule has 0 aromatic rings. The molecule has 0 rings (SSSR count). The van der Waals surface area contributed by atoms with Crippen molar-refractivity contribution < 1.29 is 14.3 Å². The number of hydrogen-bond donors (Lipinski definition) is 0. The van der Waals surface area contributed by atoms with Crippen LogP contribution in [0.3, 0.4) is 0 Å². The third kappa shape index (κ3) is 3.40. The number of ketones is 1. The van der Waals surface area contributed by atoms with Crippen molar-refractivity contribution in [3.05, 3.63) is 10.6 Å². The van der Waals surface area contributed by atoms with Gasteiger partial charge in [0.25, 0.3) is 0 Å². The lowest BCUT2D eigenvalue weighted by atomic mass is 10.4. The molecular weight excluding hydrogens is 200 g/mol. The number of esters is 1.